The summed E-state index contributed by atoms with van der Waals surface area (Å²) in [6.07, 6.45) is 0.436. The molecule has 0 aromatic heterocycles. The molecule has 0 unspecified atom stereocenters. The number of oxime groups is 1. The third-order valence-electron chi connectivity index (χ3n) is 3.62. The van der Waals surface area contributed by atoms with Crippen molar-refractivity contribution in [1.29, 1.82) is 0 Å². The highest BCUT2D eigenvalue weighted by Crippen LogP contribution is 2.54. The zero-order valence-corrected chi connectivity index (χ0v) is 14.1. The highest BCUT2D eigenvalue weighted by atomic mass is 79.9. The standard InChI is InChI=1S/C14H15BrN2O6/c1-19-10-7(3-6-4-8(14(16)18)17-23-6)9(15)11(20-2)13-12(10)21-5-22-13/h6H,3-5H2,1-2H3,(H2,16,18)/t6-/m0/s1. The molecule has 3 rings (SSSR count). The van der Waals surface area contributed by atoms with Gasteiger partial charge in [-0.25, -0.2) is 0 Å². The first-order chi connectivity index (χ1) is 11.1. The van der Waals surface area contributed by atoms with Crippen LogP contribution in [-0.4, -0.2) is 38.7 Å². The van der Waals surface area contributed by atoms with Gasteiger partial charge in [0.25, 0.3) is 5.91 Å². The van der Waals surface area contributed by atoms with Crippen LogP contribution in [0.25, 0.3) is 0 Å². The van der Waals surface area contributed by atoms with Gasteiger partial charge in [0.1, 0.15) is 11.8 Å². The van der Waals surface area contributed by atoms with E-state index in [1.807, 2.05) is 0 Å². The molecule has 1 amide bonds. The zero-order chi connectivity index (χ0) is 16.6. The second-order valence-electron chi connectivity index (χ2n) is 4.96. The summed E-state index contributed by atoms with van der Waals surface area (Å²) < 4.78 is 22.5. The SMILES string of the molecule is COc1c(Br)c(C[C@H]2CC(C(N)=O)=NO2)c(OC)c2c1OCO2. The summed E-state index contributed by atoms with van der Waals surface area (Å²) in [6.45, 7) is 0.0901. The van der Waals surface area contributed by atoms with Gasteiger partial charge in [0.05, 0.1) is 18.7 Å². The Labute approximate surface area is 140 Å². The smallest absolute Gasteiger partial charge is 0.266 e. The van der Waals surface area contributed by atoms with Gasteiger partial charge in [-0.2, -0.15) is 0 Å². The van der Waals surface area contributed by atoms with Gasteiger partial charge in [0.2, 0.25) is 18.3 Å². The maximum absolute atomic E-state index is 11.2. The van der Waals surface area contributed by atoms with Gasteiger partial charge in [-0.3, -0.25) is 4.79 Å². The van der Waals surface area contributed by atoms with Crippen molar-refractivity contribution in [3.63, 3.8) is 0 Å². The van der Waals surface area contributed by atoms with Crippen molar-refractivity contribution in [2.75, 3.05) is 21.0 Å². The van der Waals surface area contributed by atoms with Gasteiger partial charge in [-0.15, -0.1) is 0 Å². The molecule has 1 aromatic carbocycles. The quantitative estimate of drug-likeness (QED) is 0.819. The second-order valence-corrected chi connectivity index (χ2v) is 5.75. The van der Waals surface area contributed by atoms with Crippen LogP contribution >= 0.6 is 15.9 Å². The van der Waals surface area contributed by atoms with Crippen LogP contribution in [0.15, 0.2) is 9.63 Å². The number of rotatable bonds is 5. The molecule has 2 aliphatic rings. The third kappa shape index (κ3) is 2.65. The number of carbonyl (C=O) groups is 1. The number of amides is 1. The molecule has 0 fully saturated rings. The molecular formula is C14H15BrN2O6. The number of hydrogen-bond donors (Lipinski definition) is 1. The van der Waals surface area contributed by atoms with Gasteiger partial charge >= 0.3 is 0 Å². The molecule has 9 heteroatoms. The van der Waals surface area contributed by atoms with E-state index >= 15 is 0 Å². The highest BCUT2D eigenvalue weighted by molar-refractivity contribution is 9.10. The third-order valence-corrected chi connectivity index (χ3v) is 4.46. The molecule has 0 bridgehead atoms. The van der Waals surface area contributed by atoms with Crippen LogP contribution in [0.5, 0.6) is 23.0 Å². The second kappa shape index (κ2) is 6.15. The van der Waals surface area contributed by atoms with Gasteiger partial charge in [0, 0.05) is 18.4 Å². The van der Waals surface area contributed by atoms with Crippen molar-refractivity contribution in [3.05, 3.63) is 10.0 Å². The van der Waals surface area contributed by atoms with E-state index in [4.69, 9.17) is 29.5 Å². The normalized spacial score (nSPS) is 18.4. The molecule has 2 N–H and O–H groups in total. The average Bonchev–Trinajstić information content (AvgIpc) is 3.17. The Bertz CT molecular complexity index is 691. The van der Waals surface area contributed by atoms with Crippen molar-refractivity contribution < 1.29 is 28.6 Å². The Morgan fingerprint density at radius 3 is 2.52 bits per heavy atom. The lowest BCUT2D eigenvalue weighted by molar-refractivity contribution is -0.112. The molecule has 0 radical (unpaired) electrons. The molecule has 0 saturated carbocycles. The Morgan fingerprint density at radius 1 is 1.30 bits per heavy atom. The lowest BCUT2D eigenvalue weighted by atomic mass is 10.0. The van der Waals surface area contributed by atoms with E-state index in [2.05, 4.69) is 21.1 Å². The van der Waals surface area contributed by atoms with Crippen LogP contribution in [0.2, 0.25) is 0 Å². The van der Waals surface area contributed by atoms with Crippen LogP contribution in [0.3, 0.4) is 0 Å². The van der Waals surface area contributed by atoms with E-state index in [1.54, 1.807) is 14.2 Å². The maximum Gasteiger partial charge on any atom is 0.266 e. The molecule has 2 heterocycles. The van der Waals surface area contributed by atoms with Crippen LogP contribution in [0.1, 0.15) is 12.0 Å². The number of carbonyl (C=O) groups excluding carboxylic acids is 1. The number of methoxy groups -OCH3 is 2. The lowest BCUT2D eigenvalue weighted by Gasteiger charge is -2.18. The number of fused-ring (bicyclic) bond motifs is 1. The van der Waals surface area contributed by atoms with Crippen LogP contribution in [0, 0.1) is 0 Å². The highest BCUT2D eigenvalue weighted by Gasteiger charge is 2.33. The number of nitrogens with two attached hydrogens (primary N) is 1. The van der Waals surface area contributed by atoms with Crippen LogP contribution in [-0.2, 0) is 16.1 Å². The maximum atomic E-state index is 11.2. The predicted molar refractivity (Wildman–Crippen MR) is 83.2 cm³/mol. The monoisotopic (exact) mass is 386 g/mol. The topological polar surface area (TPSA) is 102 Å². The summed E-state index contributed by atoms with van der Waals surface area (Å²) >= 11 is 3.51. The number of nitrogens with zero attached hydrogens (tertiary/aromatic N) is 1. The molecule has 1 atom stereocenters. The van der Waals surface area contributed by atoms with Crippen molar-refractivity contribution in [1.82, 2.24) is 0 Å². The molecule has 2 aliphatic heterocycles. The van der Waals surface area contributed by atoms with Gasteiger partial charge in [0.15, 0.2) is 11.5 Å². The van der Waals surface area contributed by atoms with Crippen molar-refractivity contribution >= 4 is 27.5 Å². The summed E-state index contributed by atoms with van der Waals surface area (Å²) in [5.74, 6) is 1.43. The number of ether oxygens (including phenoxy) is 4. The van der Waals surface area contributed by atoms with Gasteiger partial charge < -0.3 is 29.5 Å². The Kier molecular flexibility index (Phi) is 4.20. The number of hydrogen-bond acceptors (Lipinski definition) is 7. The molecule has 8 nitrogen and oxygen atoms in total. The fraction of sp³-hybridized carbons (Fsp3) is 0.429. The van der Waals surface area contributed by atoms with E-state index in [1.165, 1.54) is 0 Å². The lowest BCUT2D eigenvalue weighted by Crippen LogP contribution is -2.23. The molecule has 0 spiro atoms. The van der Waals surface area contributed by atoms with Gasteiger partial charge in [-0.1, -0.05) is 5.16 Å². The summed E-state index contributed by atoms with van der Waals surface area (Å²) in [7, 11) is 3.08. The van der Waals surface area contributed by atoms with E-state index < -0.39 is 5.91 Å². The Morgan fingerprint density at radius 2 is 1.96 bits per heavy atom. The van der Waals surface area contributed by atoms with Crippen molar-refractivity contribution in [2.45, 2.75) is 18.9 Å². The van der Waals surface area contributed by atoms with E-state index in [0.717, 1.165) is 5.56 Å². The largest absolute Gasteiger partial charge is 0.492 e. The average molecular weight is 387 g/mol. The summed E-state index contributed by atoms with van der Waals surface area (Å²) in [5, 5.41) is 3.71. The van der Waals surface area contributed by atoms with Crippen molar-refractivity contribution in [3.8, 4) is 23.0 Å². The first-order valence-electron chi connectivity index (χ1n) is 6.81. The van der Waals surface area contributed by atoms with Gasteiger partial charge in [-0.05, 0) is 15.9 Å². The summed E-state index contributed by atoms with van der Waals surface area (Å²) in [4.78, 5) is 16.4. The molecule has 124 valence electrons. The molecular weight excluding hydrogens is 372 g/mol. The van der Waals surface area contributed by atoms with E-state index in [9.17, 15) is 4.79 Å². The Balaban J connectivity index is 1.95. The minimum Gasteiger partial charge on any atom is -0.492 e. The first kappa shape index (κ1) is 15.7. The van der Waals surface area contributed by atoms with Crippen LogP contribution in [0.4, 0.5) is 0 Å². The summed E-state index contributed by atoms with van der Waals surface area (Å²) in [5.41, 5.74) is 6.22. The number of primary amides is 1. The fourth-order valence-electron chi connectivity index (χ4n) is 2.58. The van der Waals surface area contributed by atoms with E-state index in [-0.39, 0.29) is 18.6 Å². The first-order valence-corrected chi connectivity index (χ1v) is 7.60. The molecule has 1 aromatic rings. The van der Waals surface area contributed by atoms with E-state index in [0.29, 0.717) is 40.3 Å². The minimum absolute atomic E-state index is 0.0901. The number of benzene rings is 1. The summed E-state index contributed by atoms with van der Waals surface area (Å²) in [6, 6.07) is 0. The fourth-order valence-corrected chi connectivity index (χ4v) is 3.26. The zero-order valence-electron chi connectivity index (χ0n) is 12.6. The molecule has 0 saturated heterocycles. The predicted octanol–water partition coefficient (Wildman–Crippen LogP) is 1.37. The molecule has 23 heavy (non-hydrogen) atoms. The molecule has 0 aliphatic carbocycles. The van der Waals surface area contributed by atoms with Crippen molar-refractivity contribution in [2.24, 2.45) is 10.9 Å². The van der Waals surface area contributed by atoms with Crippen LogP contribution < -0.4 is 24.7 Å². The minimum atomic E-state index is -0.582. The Hall–Kier alpha value is -2.16. The number of halogens is 1.